The molecule has 5 heteroatoms. The first kappa shape index (κ1) is 13.1. The van der Waals surface area contributed by atoms with E-state index in [1.54, 1.807) is 0 Å². The van der Waals surface area contributed by atoms with Crippen LogP contribution in [0.5, 0.6) is 0 Å². The van der Waals surface area contributed by atoms with Gasteiger partial charge in [-0.3, -0.25) is 4.79 Å². The molecule has 0 aromatic heterocycles. The lowest BCUT2D eigenvalue weighted by Crippen LogP contribution is -2.31. The quantitative estimate of drug-likeness (QED) is 0.840. The standard InChI is InChI=1S/C13H17NO3S/c1-3-10-6-5-7-11(4-2)13(10)14-12(15)8-9-18(14,16)17/h5-7H,3-4,8-9H2,1-2H3. The lowest BCUT2D eigenvalue weighted by Gasteiger charge is -2.21. The minimum absolute atomic E-state index is 0.0764. The number of carbonyl (C=O) groups excluding carboxylic acids is 1. The average Bonchev–Trinajstić information content (AvgIpc) is 2.62. The van der Waals surface area contributed by atoms with Crippen molar-refractivity contribution in [1.29, 1.82) is 0 Å². The van der Waals surface area contributed by atoms with Gasteiger partial charge < -0.3 is 0 Å². The molecule has 1 heterocycles. The van der Waals surface area contributed by atoms with Gasteiger partial charge in [-0.15, -0.1) is 0 Å². The number of sulfonamides is 1. The second kappa shape index (κ2) is 4.72. The number of nitrogens with zero attached hydrogens (tertiary/aromatic N) is 1. The highest BCUT2D eigenvalue weighted by atomic mass is 32.2. The van der Waals surface area contributed by atoms with Crippen molar-refractivity contribution in [3.63, 3.8) is 0 Å². The second-order valence-electron chi connectivity index (χ2n) is 4.36. The monoisotopic (exact) mass is 267 g/mol. The van der Waals surface area contributed by atoms with Crippen LogP contribution in [0.25, 0.3) is 0 Å². The van der Waals surface area contributed by atoms with Gasteiger partial charge in [0, 0.05) is 6.42 Å². The van der Waals surface area contributed by atoms with Crippen LogP contribution in [-0.4, -0.2) is 20.1 Å². The number of anilines is 1. The largest absolute Gasteiger partial charge is 0.273 e. The smallest absolute Gasteiger partial charge is 0.242 e. The van der Waals surface area contributed by atoms with Crippen LogP contribution in [0.2, 0.25) is 0 Å². The van der Waals surface area contributed by atoms with Crippen LogP contribution in [0.15, 0.2) is 18.2 Å². The molecular weight excluding hydrogens is 250 g/mol. The Hall–Kier alpha value is -1.36. The average molecular weight is 267 g/mol. The molecule has 1 aliphatic heterocycles. The number of hydrogen-bond donors (Lipinski definition) is 0. The third-order valence-corrected chi connectivity index (χ3v) is 4.91. The topological polar surface area (TPSA) is 54.5 Å². The summed E-state index contributed by atoms with van der Waals surface area (Å²) in [4.78, 5) is 11.9. The fourth-order valence-electron chi connectivity index (χ4n) is 2.30. The van der Waals surface area contributed by atoms with Gasteiger partial charge in [-0.2, -0.15) is 0 Å². The maximum atomic E-state index is 12.0. The molecule has 1 fully saturated rings. The molecule has 4 nitrogen and oxygen atoms in total. The second-order valence-corrected chi connectivity index (χ2v) is 6.29. The van der Waals surface area contributed by atoms with E-state index >= 15 is 0 Å². The van der Waals surface area contributed by atoms with E-state index in [2.05, 4.69) is 0 Å². The Morgan fingerprint density at radius 3 is 2.11 bits per heavy atom. The van der Waals surface area contributed by atoms with E-state index in [0.717, 1.165) is 15.4 Å². The Morgan fingerprint density at radius 2 is 1.72 bits per heavy atom. The summed E-state index contributed by atoms with van der Waals surface area (Å²) >= 11 is 0. The Morgan fingerprint density at radius 1 is 1.17 bits per heavy atom. The van der Waals surface area contributed by atoms with E-state index < -0.39 is 10.0 Å². The van der Waals surface area contributed by atoms with Crippen LogP contribution < -0.4 is 4.31 Å². The first-order chi connectivity index (χ1) is 8.51. The molecule has 0 atom stereocenters. The van der Waals surface area contributed by atoms with Gasteiger partial charge in [-0.1, -0.05) is 32.0 Å². The van der Waals surface area contributed by atoms with Gasteiger partial charge in [0.2, 0.25) is 15.9 Å². The molecule has 1 amide bonds. The molecule has 1 saturated heterocycles. The van der Waals surface area contributed by atoms with Crippen LogP contribution in [-0.2, 0) is 27.7 Å². The number of aryl methyl sites for hydroxylation is 2. The number of amides is 1. The van der Waals surface area contributed by atoms with Crippen molar-refractivity contribution in [2.75, 3.05) is 10.1 Å². The predicted molar refractivity (Wildman–Crippen MR) is 71.1 cm³/mol. The summed E-state index contributed by atoms with van der Waals surface area (Å²) in [6.45, 7) is 3.93. The van der Waals surface area contributed by atoms with E-state index in [0.29, 0.717) is 18.5 Å². The lowest BCUT2D eigenvalue weighted by atomic mass is 10.0. The fraction of sp³-hybridized carbons (Fsp3) is 0.462. The van der Waals surface area contributed by atoms with Gasteiger partial charge in [0.1, 0.15) is 0 Å². The summed E-state index contributed by atoms with van der Waals surface area (Å²) < 4.78 is 25.0. The van der Waals surface area contributed by atoms with Gasteiger partial charge in [-0.05, 0) is 24.0 Å². The summed E-state index contributed by atoms with van der Waals surface area (Å²) in [6.07, 6.45) is 1.51. The van der Waals surface area contributed by atoms with E-state index in [1.165, 1.54) is 0 Å². The SMILES string of the molecule is CCc1cccc(CC)c1N1C(=O)CCS1(=O)=O. The molecule has 0 spiro atoms. The van der Waals surface area contributed by atoms with Gasteiger partial charge >= 0.3 is 0 Å². The summed E-state index contributed by atoms with van der Waals surface area (Å²) in [5.41, 5.74) is 2.41. The highest BCUT2D eigenvalue weighted by molar-refractivity contribution is 7.94. The van der Waals surface area contributed by atoms with Gasteiger partial charge in [-0.25, -0.2) is 12.7 Å². The number of carbonyl (C=O) groups is 1. The molecule has 1 aromatic carbocycles. The Bertz CT molecular complexity index is 556. The molecule has 0 aliphatic carbocycles. The fourth-order valence-corrected chi connectivity index (χ4v) is 3.83. The number of hydrogen-bond acceptors (Lipinski definition) is 3. The third-order valence-electron chi connectivity index (χ3n) is 3.25. The summed E-state index contributed by atoms with van der Waals surface area (Å²) in [7, 11) is -3.47. The summed E-state index contributed by atoms with van der Waals surface area (Å²) in [6, 6.07) is 5.68. The zero-order valence-electron chi connectivity index (χ0n) is 10.6. The summed E-state index contributed by atoms with van der Waals surface area (Å²) in [5, 5.41) is 0. The Kier molecular flexibility index (Phi) is 3.43. The molecule has 18 heavy (non-hydrogen) atoms. The Balaban J connectivity index is 2.66. The first-order valence-corrected chi connectivity index (χ1v) is 7.78. The van der Waals surface area contributed by atoms with E-state index in [9.17, 15) is 13.2 Å². The van der Waals surface area contributed by atoms with Crippen LogP contribution in [0.3, 0.4) is 0 Å². The van der Waals surface area contributed by atoms with Gasteiger partial charge in [0.05, 0.1) is 11.4 Å². The van der Waals surface area contributed by atoms with Crippen molar-refractivity contribution >= 4 is 21.6 Å². The normalized spacial score (nSPS) is 18.3. The molecular formula is C13H17NO3S. The van der Waals surface area contributed by atoms with E-state index in [1.807, 2.05) is 32.0 Å². The minimum Gasteiger partial charge on any atom is -0.273 e. The van der Waals surface area contributed by atoms with Crippen LogP contribution >= 0.6 is 0 Å². The summed E-state index contributed by atoms with van der Waals surface area (Å²) in [5.74, 6) is -0.391. The maximum Gasteiger partial charge on any atom is 0.242 e. The third kappa shape index (κ3) is 2.03. The lowest BCUT2D eigenvalue weighted by molar-refractivity contribution is -0.116. The molecule has 0 bridgehead atoms. The van der Waals surface area contributed by atoms with Crippen LogP contribution in [0.1, 0.15) is 31.4 Å². The van der Waals surface area contributed by atoms with Crippen molar-refractivity contribution in [3.05, 3.63) is 29.3 Å². The Labute approximate surface area is 108 Å². The van der Waals surface area contributed by atoms with E-state index in [-0.39, 0.29) is 18.1 Å². The maximum absolute atomic E-state index is 12.0. The highest BCUT2D eigenvalue weighted by Gasteiger charge is 2.38. The molecule has 1 aliphatic rings. The zero-order valence-corrected chi connectivity index (χ0v) is 11.5. The van der Waals surface area contributed by atoms with Crippen molar-refractivity contribution < 1.29 is 13.2 Å². The first-order valence-electron chi connectivity index (χ1n) is 6.17. The van der Waals surface area contributed by atoms with Gasteiger partial charge in [0.15, 0.2) is 0 Å². The molecule has 0 unspecified atom stereocenters. The molecule has 98 valence electrons. The van der Waals surface area contributed by atoms with Crippen molar-refractivity contribution in [2.45, 2.75) is 33.1 Å². The molecule has 0 saturated carbocycles. The van der Waals surface area contributed by atoms with Gasteiger partial charge in [0.25, 0.3) is 0 Å². The molecule has 2 rings (SSSR count). The number of para-hydroxylation sites is 1. The van der Waals surface area contributed by atoms with E-state index in [4.69, 9.17) is 0 Å². The highest BCUT2D eigenvalue weighted by Crippen LogP contribution is 2.32. The molecule has 0 radical (unpaired) electrons. The van der Waals surface area contributed by atoms with Crippen molar-refractivity contribution in [1.82, 2.24) is 0 Å². The number of benzene rings is 1. The minimum atomic E-state index is -3.47. The van der Waals surface area contributed by atoms with Crippen LogP contribution in [0, 0.1) is 0 Å². The molecule has 1 aromatic rings. The van der Waals surface area contributed by atoms with Crippen LogP contribution in [0.4, 0.5) is 5.69 Å². The van der Waals surface area contributed by atoms with Crippen molar-refractivity contribution in [2.24, 2.45) is 0 Å². The number of rotatable bonds is 3. The predicted octanol–water partition coefficient (Wildman–Crippen LogP) is 1.88. The van der Waals surface area contributed by atoms with Crippen molar-refractivity contribution in [3.8, 4) is 0 Å². The molecule has 0 N–H and O–H groups in total. The zero-order chi connectivity index (χ0) is 13.3.